The molecule has 5 heteroatoms. The summed E-state index contributed by atoms with van der Waals surface area (Å²) in [6.07, 6.45) is 9.09. The third kappa shape index (κ3) is 4.28. The fraction of sp³-hybridized carbons (Fsp3) is 0.833. The molecule has 1 unspecified atom stereocenters. The number of aryl methyl sites for hydroxylation is 2. The lowest BCUT2D eigenvalue weighted by atomic mass is 10.1. The summed E-state index contributed by atoms with van der Waals surface area (Å²) in [4.78, 5) is 0. The first-order valence-corrected chi connectivity index (χ1v) is 6.98. The number of hydrogen-bond donors (Lipinski definition) is 0. The molecule has 2 rings (SSSR count). The molecule has 1 aromatic rings. The van der Waals surface area contributed by atoms with Crippen LogP contribution < -0.4 is 0 Å². The first-order chi connectivity index (χ1) is 8.38. The van der Waals surface area contributed by atoms with E-state index in [1.807, 2.05) is 10.9 Å². The minimum Gasteiger partial charge on any atom is -0.378 e. The predicted octanol–water partition coefficient (Wildman–Crippen LogP) is 2.41. The van der Waals surface area contributed by atoms with Gasteiger partial charge < -0.3 is 4.74 Å². The van der Waals surface area contributed by atoms with E-state index in [0.29, 0.717) is 12.0 Å². The van der Waals surface area contributed by atoms with E-state index < -0.39 is 0 Å². The van der Waals surface area contributed by atoms with Gasteiger partial charge in [0.05, 0.1) is 11.8 Å². The van der Waals surface area contributed by atoms with Gasteiger partial charge in [0.1, 0.15) is 0 Å². The fourth-order valence-corrected chi connectivity index (χ4v) is 2.30. The van der Waals surface area contributed by atoms with Crippen LogP contribution >= 0.6 is 11.6 Å². The summed E-state index contributed by atoms with van der Waals surface area (Å²) < 4.78 is 7.52. The van der Waals surface area contributed by atoms with Crippen molar-refractivity contribution in [3.8, 4) is 0 Å². The summed E-state index contributed by atoms with van der Waals surface area (Å²) in [6, 6.07) is 0. The van der Waals surface area contributed by atoms with Gasteiger partial charge in [-0.1, -0.05) is 5.21 Å². The van der Waals surface area contributed by atoms with Gasteiger partial charge in [0.25, 0.3) is 0 Å². The summed E-state index contributed by atoms with van der Waals surface area (Å²) in [5.74, 6) is 0.686. The second-order valence-electron chi connectivity index (χ2n) is 4.54. The first-order valence-electron chi connectivity index (χ1n) is 6.45. The Morgan fingerprint density at radius 3 is 3.18 bits per heavy atom. The van der Waals surface area contributed by atoms with Crippen LogP contribution in [-0.4, -0.2) is 33.6 Å². The van der Waals surface area contributed by atoms with E-state index in [9.17, 15) is 0 Å². The zero-order valence-corrected chi connectivity index (χ0v) is 10.9. The molecule has 96 valence electrons. The highest BCUT2D eigenvalue weighted by Crippen LogP contribution is 2.17. The topological polar surface area (TPSA) is 39.9 Å². The molecule has 0 spiro atoms. The van der Waals surface area contributed by atoms with Crippen molar-refractivity contribution in [1.82, 2.24) is 15.0 Å². The number of halogens is 1. The second kappa shape index (κ2) is 6.97. The van der Waals surface area contributed by atoms with E-state index in [1.54, 1.807) is 0 Å². The Labute approximate surface area is 107 Å². The molecule has 0 N–H and O–H groups in total. The number of nitrogens with zero attached hydrogens (tertiary/aromatic N) is 3. The van der Waals surface area contributed by atoms with Gasteiger partial charge in [0.2, 0.25) is 0 Å². The second-order valence-corrected chi connectivity index (χ2v) is 4.92. The average molecular weight is 258 g/mol. The number of alkyl halides is 1. The summed E-state index contributed by atoms with van der Waals surface area (Å²) in [5, 5.41) is 8.24. The number of ether oxygens (including phenoxy) is 1. The molecular formula is C12H20ClN3O. The predicted molar refractivity (Wildman–Crippen MR) is 67.3 cm³/mol. The Bertz CT molecular complexity index is 323. The van der Waals surface area contributed by atoms with E-state index in [-0.39, 0.29) is 0 Å². The monoisotopic (exact) mass is 257 g/mol. The molecule has 0 aliphatic carbocycles. The molecule has 0 amide bonds. The van der Waals surface area contributed by atoms with Gasteiger partial charge in [0.15, 0.2) is 0 Å². The molecule has 1 aliphatic rings. The first kappa shape index (κ1) is 12.8. The van der Waals surface area contributed by atoms with Crippen molar-refractivity contribution in [2.45, 2.75) is 51.2 Å². The maximum absolute atomic E-state index is 5.65. The molecule has 2 heterocycles. The van der Waals surface area contributed by atoms with Crippen molar-refractivity contribution in [2.24, 2.45) is 0 Å². The molecule has 0 radical (unpaired) electrons. The molecular weight excluding hydrogens is 238 g/mol. The van der Waals surface area contributed by atoms with Gasteiger partial charge in [-0.2, -0.15) is 0 Å². The normalized spacial score (nSPS) is 19.9. The Morgan fingerprint density at radius 1 is 1.47 bits per heavy atom. The molecule has 1 fully saturated rings. The number of rotatable bonds is 7. The maximum atomic E-state index is 5.65. The lowest BCUT2D eigenvalue weighted by Gasteiger charge is -2.07. The van der Waals surface area contributed by atoms with Crippen LogP contribution in [0.2, 0.25) is 0 Å². The van der Waals surface area contributed by atoms with Gasteiger partial charge in [-0.3, -0.25) is 4.68 Å². The average Bonchev–Trinajstić information content (AvgIpc) is 2.98. The highest BCUT2D eigenvalue weighted by atomic mass is 35.5. The molecule has 4 nitrogen and oxygen atoms in total. The Balaban J connectivity index is 1.65. The molecule has 1 aromatic heterocycles. The van der Waals surface area contributed by atoms with Crippen LogP contribution in [0.5, 0.6) is 0 Å². The zero-order valence-electron chi connectivity index (χ0n) is 10.1. The van der Waals surface area contributed by atoms with E-state index in [1.165, 1.54) is 12.8 Å². The van der Waals surface area contributed by atoms with Crippen molar-refractivity contribution in [3.05, 3.63) is 11.9 Å². The molecule has 0 bridgehead atoms. The van der Waals surface area contributed by atoms with Gasteiger partial charge >= 0.3 is 0 Å². The van der Waals surface area contributed by atoms with Crippen LogP contribution in [0, 0.1) is 0 Å². The van der Waals surface area contributed by atoms with E-state index in [0.717, 1.165) is 44.5 Å². The third-order valence-corrected chi connectivity index (χ3v) is 3.36. The van der Waals surface area contributed by atoms with Crippen LogP contribution in [0.4, 0.5) is 0 Å². The van der Waals surface area contributed by atoms with E-state index >= 15 is 0 Å². The lowest BCUT2D eigenvalue weighted by Crippen LogP contribution is -2.07. The summed E-state index contributed by atoms with van der Waals surface area (Å²) in [6.45, 7) is 1.88. The lowest BCUT2D eigenvalue weighted by molar-refractivity contribution is 0.101. The van der Waals surface area contributed by atoms with Crippen molar-refractivity contribution < 1.29 is 4.74 Å². The molecule has 17 heavy (non-hydrogen) atoms. The molecule has 0 aromatic carbocycles. The van der Waals surface area contributed by atoms with Crippen LogP contribution in [0.1, 0.15) is 37.8 Å². The Morgan fingerprint density at radius 2 is 2.41 bits per heavy atom. The molecule has 1 saturated heterocycles. The van der Waals surface area contributed by atoms with Crippen LogP contribution in [0.3, 0.4) is 0 Å². The number of hydrogen-bond acceptors (Lipinski definition) is 3. The van der Waals surface area contributed by atoms with Gasteiger partial charge in [0, 0.05) is 25.2 Å². The van der Waals surface area contributed by atoms with Crippen molar-refractivity contribution in [3.63, 3.8) is 0 Å². The summed E-state index contributed by atoms with van der Waals surface area (Å²) in [7, 11) is 0. The number of aromatic nitrogens is 3. The molecule has 0 saturated carbocycles. The zero-order chi connectivity index (χ0) is 11.9. The van der Waals surface area contributed by atoms with E-state index in [4.69, 9.17) is 16.3 Å². The van der Waals surface area contributed by atoms with Crippen molar-refractivity contribution in [2.75, 3.05) is 12.5 Å². The van der Waals surface area contributed by atoms with Gasteiger partial charge in [-0.25, -0.2) is 0 Å². The largest absolute Gasteiger partial charge is 0.378 e. The highest BCUT2D eigenvalue weighted by molar-refractivity contribution is 6.17. The fourth-order valence-electron chi connectivity index (χ4n) is 2.16. The minimum absolute atomic E-state index is 0.481. The van der Waals surface area contributed by atoms with Crippen molar-refractivity contribution >= 4 is 11.6 Å². The Hall–Kier alpha value is -0.610. The standard InChI is InChI=1S/C12H20ClN3O/c13-7-1-4-11-10-16(15-14-11)8-2-5-12-6-3-9-17-12/h10,12H,1-9H2. The molecule has 1 aliphatic heterocycles. The summed E-state index contributed by atoms with van der Waals surface area (Å²) >= 11 is 5.65. The summed E-state index contributed by atoms with van der Waals surface area (Å²) in [5.41, 5.74) is 1.04. The van der Waals surface area contributed by atoms with Crippen LogP contribution in [0.25, 0.3) is 0 Å². The molecule has 1 atom stereocenters. The quantitative estimate of drug-likeness (QED) is 0.705. The van der Waals surface area contributed by atoms with Gasteiger partial charge in [-0.15, -0.1) is 16.7 Å². The minimum atomic E-state index is 0.481. The SMILES string of the molecule is ClCCCc1cn(CCCC2CCCO2)nn1. The van der Waals surface area contributed by atoms with E-state index in [2.05, 4.69) is 10.3 Å². The van der Waals surface area contributed by atoms with Crippen LogP contribution in [-0.2, 0) is 17.7 Å². The maximum Gasteiger partial charge on any atom is 0.0827 e. The van der Waals surface area contributed by atoms with Crippen LogP contribution in [0.15, 0.2) is 6.20 Å². The highest BCUT2D eigenvalue weighted by Gasteiger charge is 2.14. The van der Waals surface area contributed by atoms with Gasteiger partial charge in [-0.05, 0) is 38.5 Å². The Kier molecular flexibility index (Phi) is 5.26. The smallest absolute Gasteiger partial charge is 0.0827 e. The van der Waals surface area contributed by atoms with Crippen molar-refractivity contribution in [1.29, 1.82) is 0 Å². The third-order valence-electron chi connectivity index (χ3n) is 3.09.